The van der Waals surface area contributed by atoms with Gasteiger partial charge < -0.3 is 19.4 Å². The van der Waals surface area contributed by atoms with E-state index in [0.29, 0.717) is 6.61 Å². The van der Waals surface area contributed by atoms with Crippen molar-refractivity contribution in [2.45, 2.75) is 33.0 Å². The van der Waals surface area contributed by atoms with Gasteiger partial charge in [0.1, 0.15) is 24.0 Å². The second-order valence-corrected chi connectivity index (χ2v) is 7.30. The number of aryl methyl sites for hydroxylation is 1. The Bertz CT molecular complexity index is 1020. The molecule has 2 rings (SSSR count). The second-order valence-electron chi connectivity index (χ2n) is 7.30. The number of nitriles is 1. The molecule has 2 aromatic rings. The molecule has 1 amide bonds. The van der Waals surface area contributed by atoms with E-state index < -0.39 is 17.6 Å². The Balaban J connectivity index is 2.00. The Morgan fingerprint density at radius 3 is 2.66 bits per heavy atom. The number of amides is 1. The molecule has 0 saturated heterocycles. The van der Waals surface area contributed by atoms with Gasteiger partial charge in [0, 0.05) is 18.5 Å². The standard InChI is InChI=1S/C23H26F3N3O3/c1-15-10-18(17(3)29(15)16(2)14-31-4)11-19(13-27)22(30)28-8-9-32-21-7-5-6-20(12-21)23(24,25)26/h5-7,10-12,16H,8-9,14H2,1-4H3,(H,28,30)/b19-11+. The summed E-state index contributed by atoms with van der Waals surface area (Å²) in [7, 11) is 1.63. The number of ether oxygens (including phenoxy) is 2. The Hall–Kier alpha value is -3.25. The van der Waals surface area contributed by atoms with E-state index in [0.717, 1.165) is 29.1 Å². The van der Waals surface area contributed by atoms with Crippen LogP contribution in [-0.2, 0) is 15.7 Å². The van der Waals surface area contributed by atoms with Crippen molar-refractivity contribution in [3.05, 3.63) is 58.4 Å². The fraction of sp³-hybridized carbons (Fsp3) is 0.391. The van der Waals surface area contributed by atoms with E-state index in [1.807, 2.05) is 32.9 Å². The summed E-state index contributed by atoms with van der Waals surface area (Å²) >= 11 is 0. The monoisotopic (exact) mass is 449 g/mol. The Morgan fingerprint density at radius 1 is 1.31 bits per heavy atom. The van der Waals surface area contributed by atoms with Gasteiger partial charge in [-0.15, -0.1) is 0 Å². The van der Waals surface area contributed by atoms with E-state index in [-0.39, 0.29) is 30.5 Å². The molecular weight excluding hydrogens is 423 g/mol. The maximum atomic E-state index is 12.7. The predicted octanol–water partition coefficient (Wildman–Crippen LogP) is 4.43. The normalized spacial score (nSPS) is 12.9. The minimum atomic E-state index is -4.46. The first-order valence-corrected chi connectivity index (χ1v) is 9.96. The molecule has 6 nitrogen and oxygen atoms in total. The van der Waals surface area contributed by atoms with Gasteiger partial charge in [0.25, 0.3) is 5.91 Å². The Kier molecular flexibility index (Phi) is 8.49. The van der Waals surface area contributed by atoms with Gasteiger partial charge >= 0.3 is 6.18 Å². The van der Waals surface area contributed by atoms with E-state index in [1.54, 1.807) is 7.11 Å². The number of halogens is 3. The van der Waals surface area contributed by atoms with Gasteiger partial charge in [0.2, 0.25) is 0 Å². The van der Waals surface area contributed by atoms with Gasteiger partial charge in [0.15, 0.2) is 0 Å². The third-order valence-electron chi connectivity index (χ3n) is 4.85. The third kappa shape index (κ3) is 6.37. The number of rotatable bonds is 9. The van der Waals surface area contributed by atoms with Crippen LogP contribution in [0.1, 0.15) is 35.5 Å². The zero-order valence-corrected chi connectivity index (χ0v) is 18.4. The molecule has 1 N–H and O–H groups in total. The quantitative estimate of drug-likeness (QED) is 0.349. The predicted molar refractivity (Wildman–Crippen MR) is 114 cm³/mol. The number of alkyl halides is 3. The average Bonchev–Trinajstić information content (AvgIpc) is 3.02. The van der Waals surface area contributed by atoms with Crippen molar-refractivity contribution in [1.82, 2.24) is 9.88 Å². The first kappa shape index (κ1) is 25.0. The summed E-state index contributed by atoms with van der Waals surface area (Å²) in [5.41, 5.74) is 1.73. The minimum Gasteiger partial charge on any atom is -0.492 e. The number of methoxy groups -OCH3 is 1. The minimum absolute atomic E-state index is 0.0258. The van der Waals surface area contributed by atoms with Gasteiger partial charge in [-0.3, -0.25) is 4.79 Å². The van der Waals surface area contributed by atoms with Gasteiger partial charge in [-0.1, -0.05) is 6.07 Å². The molecule has 32 heavy (non-hydrogen) atoms. The largest absolute Gasteiger partial charge is 0.492 e. The number of benzene rings is 1. The van der Waals surface area contributed by atoms with Crippen LogP contribution >= 0.6 is 0 Å². The van der Waals surface area contributed by atoms with Gasteiger partial charge in [-0.25, -0.2) is 0 Å². The van der Waals surface area contributed by atoms with E-state index in [2.05, 4.69) is 9.88 Å². The number of nitrogens with zero attached hydrogens (tertiary/aromatic N) is 2. The lowest BCUT2D eigenvalue weighted by Crippen LogP contribution is -2.29. The van der Waals surface area contributed by atoms with Gasteiger partial charge in [-0.05, 0) is 56.7 Å². The Labute approximate surface area is 185 Å². The fourth-order valence-corrected chi connectivity index (χ4v) is 3.44. The number of nitrogens with one attached hydrogen (secondary N) is 1. The highest BCUT2D eigenvalue weighted by atomic mass is 19.4. The van der Waals surface area contributed by atoms with Crippen LogP contribution in [0.4, 0.5) is 13.2 Å². The SMILES string of the molecule is COCC(C)n1c(C)cc(/C=C(\C#N)C(=O)NCCOc2cccc(C(F)(F)F)c2)c1C. The van der Waals surface area contributed by atoms with Crippen LogP contribution in [-0.4, -0.2) is 37.3 Å². The molecule has 0 bridgehead atoms. The van der Waals surface area contributed by atoms with Crippen molar-refractivity contribution < 1.29 is 27.4 Å². The van der Waals surface area contributed by atoms with Crippen LogP contribution < -0.4 is 10.1 Å². The fourth-order valence-electron chi connectivity index (χ4n) is 3.44. The van der Waals surface area contributed by atoms with Crippen molar-refractivity contribution >= 4 is 12.0 Å². The summed E-state index contributed by atoms with van der Waals surface area (Å²) in [6, 6.07) is 8.37. The molecule has 0 aliphatic rings. The maximum Gasteiger partial charge on any atom is 0.416 e. The molecule has 1 heterocycles. The first-order valence-electron chi connectivity index (χ1n) is 9.96. The molecule has 1 unspecified atom stereocenters. The number of hydrogen-bond donors (Lipinski definition) is 1. The lowest BCUT2D eigenvalue weighted by Gasteiger charge is -2.17. The van der Waals surface area contributed by atoms with Crippen molar-refractivity contribution in [1.29, 1.82) is 5.26 Å². The first-order chi connectivity index (χ1) is 15.1. The van der Waals surface area contributed by atoms with Crippen LogP contribution in [0.25, 0.3) is 6.08 Å². The van der Waals surface area contributed by atoms with Crippen LogP contribution in [0.5, 0.6) is 5.75 Å². The Morgan fingerprint density at radius 2 is 2.03 bits per heavy atom. The van der Waals surface area contributed by atoms with Gasteiger partial charge in [-0.2, -0.15) is 18.4 Å². The number of aromatic nitrogens is 1. The lowest BCUT2D eigenvalue weighted by molar-refractivity contribution is -0.137. The smallest absolute Gasteiger partial charge is 0.416 e. The van der Waals surface area contributed by atoms with Crippen molar-refractivity contribution in [3.8, 4) is 11.8 Å². The van der Waals surface area contributed by atoms with Crippen LogP contribution in [0, 0.1) is 25.2 Å². The molecule has 0 aliphatic carbocycles. The van der Waals surface area contributed by atoms with Crippen LogP contribution in [0.15, 0.2) is 35.9 Å². The maximum absolute atomic E-state index is 12.7. The molecule has 0 spiro atoms. The van der Waals surface area contributed by atoms with E-state index >= 15 is 0 Å². The highest BCUT2D eigenvalue weighted by molar-refractivity contribution is 6.01. The van der Waals surface area contributed by atoms with E-state index in [9.17, 15) is 23.2 Å². The highest BCUT2D eigenvalue weighted by Gasteiger charge is 2.30. The average molecular weight is 449 g/mol. The molecular formula is C23H26F3N3O3. The zero-order valence-electron chi connectivity index (χ0n) is 18.4. The number of carbonyl (C=O) groups is 1. The molecule has 0 saturated carbocycles. The summed E-state index contributed by atoms with van der Waals surface area (Å²) in [5, 5.41) is 12.0. The van der Waals surface area contributed by atoms with Crippen LogP contribution in [0.2, 0.25) is 0 Å². The van der Waals surface area contributed by atoms with Crippen molar-refractivity contribution in [2.75, 3.05) is 26.9 Å². The number of hydrogen-bond acceptors (Lipinski definition) is 4. The van der Waals surface area contributed by atoms with Gasteiger partial charge in [0.05, 0.1) is 24.8 Å². The summed E-state index contributed by atoms with van der Waals surface area (Å²) < 4.78 is 50.8. The van der Waals surface area contributed by atoms with Crippen molar-refractivity contribution in [2.24, 2.45) is 0 Å². The molecule has 172 valence electrons. The summed E-state index contributed by atoms with van der Waals surface area (Å²) in [6.07, 6.45) is -2.95. The molecule has 1 atom stereocenters. The van der Waals surface area contributed by atoms with Crippen molar-refractivity contribution in [3.63, 3.8) is 0 Å². The molecule has 0 fully saturated rings. The molecule has 1 aromatic carbocycles. The summed E-state index contributed by atoms with van der Waals surface area (Å²) in [6.45, 7) is 6.36. The topological polar surface area (TPSA) is 76.3 Å². The van der Waals surface area contributed by atoms with E-state index in [1.165, 1.54) is 18.2 Å². The summed E-state index contributed by atoms with van der Waals surface area (Å²) in [4.78, 5) is 12.4. The second kappa shape index (κ2) is 10.9. The molecule has 0 aliphatic heterocycles. The lowest BCUT2D eigenvalue weighted by atomic mass is 10.1. The van der Waals surface area contributed by atoms with Crippen LogP contribution in [0.3, 0.4) is 0 Å². The highest BCUT2D eigenvalue weighted by Crippen LogP contribution is 2.31. The summed E-state index contributed by atoms with van der Waals surface area (Å²) in [5.74, 6) is -0.544. The zero-order chi connectivity index (χ0) is 23.9. The van der Waals surface area contributed by atoms with E-state index in [4.69, 9.17) is 9.47 Å². The molecule has 0 radical (unpaired) electrons. The number of carbonyl (C=O) groups excluding carboxylic acids is 1. The molecule has 9 heteroatoms. The molecule has 1 aromatic heterocycles. The third-order valence-corrected chi connectivity index (χ3v) is 4.85.